The van der Waals surface area contributed by atoms with Crippen molar-refractivity contribution in [2.24, 2.45) is 0 Å². The predicted octanol–water partition coefficient (Wildman–Crippen LogP) is 10.3. The summed E-state index contributed by atoms with van der Waals surface area (Å²) in [5.74, 6) is 2.39. The lowest BCUT2D eigenvalue weighted by atomic mass is 9.75. The Morgan fingerprint density at radius 3 is 1.60 bits per heavy atom. The second-order valence-electron chi connectivity index (χ2n) is 14.8. The molecule has 0 aromatic heterocycles. The van der Waals surface area contributed by atoms with Crippen LogP contribution in [0.4, 0.5) is 0 Å². The number of carbonyl (C=O) groups is 1. The predicted molar refractivity (Wildman–Crippen MR) is 237 cm³/mol. The van der Waals surface area contributed by atoms with Gasteiger partial charge in [-0.25, -0.2) is 0 Å². The van der Waals surface area contributed by atoms with Gasteiger partial charge in [0.05, 0.1) is 70.6 Å². The van der Waals surface area contributed by atoms with Crippen molar-refractivity contribution >= 4 is 48.2 Å². The molecular formula is C48H48O10S2. The van der Waals surface area contributed by atoms with Crippen molar-refractivity contribution in [3.63, 3.8) is 0 Å². The van der Waals surface area contributed by atoms with Crippen LogP contribution in [0.25, 0.3) is 32.7 Å². The Bertz CT molecular complexity index is 2550. The van der Waals surface area contributed by atoms with E-state index in [1.165, 1.54) is 21.6 Å². The number of hydrogen-bond acceptors (Lipinski definition) is 12. The Hall–Kier alpha value is -5.11. The zero-order valence-corrected chi connectivity index (χ0v) is 36.3. The summed E-state index contributed by atoms with van der Waals surface area (Å²) in [6.07, 6.45) is -0.322. The average Bonchev–Trinajstić information content (AvgIpc) is 3.28. The summed E-state index contributed by atoms with van der Waals surface area (Å²) in [7, 11) is 9.00. The number of ether oxygens (including phenoxy) is 8. The molecule has 2 aliphatic heterocycles. The molecule has 0 radical (unpaired) electrons. The Morgan fingerprint density at radius 1 is 0.667 bits per heavy atom. The minimum Gasteiger partial charge on any atom is -0.497 e. The molecule has 8 rings (SSSR count). The fourth-order valence-corrected chi connectivity index (χ4v) is 9.92. The van der Waals surface area contributed by atoms with Crippen molar-refractivity contribution in [1.29, 1.82) is 0 Å². The Kier molecular flexibility index (Phi) is 12.4. The maximum atomic E-state index is 14.6. The van der Waals surface area contributed by atoms with E-state index in [1.807, 2.05) is 105 Å². The SMILES string of the molecule is COc1cc(OC)c2c(OCc3ccccc3)c3c(c(-c4c5c(c(OCc6ccccc6)c6c(OC)cc(OC)cc46)CO[C@@H](C)[C@H]5C(=O)SSC)c2c1)[C@H](O)[C@H](C)OC3. The topological polar surface area (TPSA) is 111 Å². The molecule has 0 unspecified atom stereocenters. The van der Waals surface area contributed by atoms with Crippen LogP contribution in [0.1, 0.15) is 59.3 Å². The summed E-state index contributed by atoms with van der Waals surface area (Å²) in [5.41, 5.74) is 6.06. The zero-order valence-electron chi connectivity index (χ0n) is 34.7. The molecule has 6 aromatic rings. The number of methoxy groups -OCH3 is 4. The van der Waals surface area contributed by atoms with Gasteiger partial charge in [-0.1, -0.05) is 71.5 Å². The lowest BCUT2D eigenvalue weighted by molar-refractivity contribution is -0.116. The third-order valence-corrected chi connectivity index (χ3v) is 13.0. The van der Waals surface area contributed by atoms with E-state index in [-0.39, 0.29) is 31.5 Å². The van der Waals surface area contributed by atoms with Crippen LogP contribution in [0.2, 0.25) is 0 Å². The molecule has 312 valence electrons. The second kappa shape index (κ2) is 17.9. The van der Waals surface area contributed by atoms with Gasteiger partial charge < -0.3 is 43.0 Å². The van der Waals surface area contributed by atoms with E-state index in [0.717, 1.165) is 16.7 Å². The van der Waals surface area contributed by atoms with E-state index >= 15 is 0 Å². The number of benzene rings is 6. The number of hydrogen-bond donors (Lipinski definition) is 1. The van der Waals surface area contributed by atoms with Crippen molar-refractivity contribution in [2.45, 2.75) is 64.5 Å². The summed E-state index contributed by atoms with van der Waals surface area (Å²) < 4.78 is 50.8. The standard InChI is InChI=1S/C48H48O10S2/c1-26-38(48(50)60-59-7)43-34(24-55-26)46(57-22-28-14-10-8-11-15-28)39-32(18-30(51-3)20-36(39)53-5)41(43)42-33-19-31(52-4)21-37(54-6)40(33)47(58-23-29-16-12-9-13-17-29)35-25-56-27(2)45(49)44(35)42/h8-21,26-27,38,45,49H,22-25H2,1-7H3/t26-,27-,38+,45+/m0/s1. The average molecular weight is 849 g/mol. The van der Waals surface area contributed by atoms with Gasteiger partial charge in [0.1, 0.15) is 53.8 Å². The smallest absolute Gasteiger partial charge is 0.209 e. The van der Waals surface area contributed by atoms with E-state index in [4.69, 9.17) is 37.9 Å². The van der Waals surface area contributed by atoms with Gasteiger partial charge in [0, 0.05) is 39.6 Å². The van der Waals surface area contributed by atoms with Gasteiger partial charge in [0.2, 0.25) is 5.12 Å². The highest BCUT2D eigenvalue weighted by atomic mass is 33.1. The largest absolute Gasteiger partial charge is 0.497 e. The Morgan fingerprint density at radius 2 is 1.13 bits per heavy atom. The van der Waals surface area contributed by atoms with Gasteiger partial charge in [-0.3, -0.25) is 4.79 Å². The van der Waals surface area contributed by atoms with E-state index in [9.17, 15) is 9.90 Å². The van der Waals surface area contributed by atoms with Crippen LogP contribution in [0.15, 0.2) is 84.9 Å². The first-order chi connectivity index (χ1) is 29.2. The quantitative estimate of drug-likeness (QED) is 0.112. The minimum absolute atomic E-state index is 0.0752. The number of aliphatic hydroxyl groups is 1. The van der Waals surface area contributed by atoms with Crippen molar-refractivity contribution in [3.8, 4) is 45.6 Å². The van der Waals surface area contributed by atoms with Gasteiger partial charge >= 0.3 is 0 Å². The fourth-order valence-electron chi connectivity index (χ4n) is 8.54. The summed E-state index contributed by atoms with van der Waals surface area (Å²) in [6, 6.07) is 27.4. The van der Waals surface area contributed by atoms with Gasteiger partial charge in [0.15, 0.2) is 0 Å². The Labute approximate surface area is 357 Å². The first kappa shape index (κ1) is 41.6. The molecule has 0 fully saturated rings. The van der Waals surface area contributed by atoms with Crippen molar-refractivity contribution in [3.05, 3.63) is 118 Å². The van der Waals surface area contributed by atoms with E-state index in [0.29, 0.717) is 83.9 Å². The molecule has 1 N–H and O–H groups in total. The van der Waals surface area contributed by atoms with Crippen LogP contribution in [0.3, 0.4) is 0 Å². The fraction of sp³-hybridized carbons (Fsp3) is 0.312. The third-order valence-electron chi connectivity index (χ3n) is 11.4. The normalized spacial score (nSPS) is 18.4. The van der Waals surface area contributed by atoms with Gasteiger partial charge in [-0.05, 0) is 70.8 Å². The van der Waals surface area contributed by atoms with E-state index in [1.54, 1.807) is 28.4 Å². The van der Waals surface area contributed by atoms with Crippen LogP contribution >= 0.6 is 21.6 Å². The second-order valence-corrected chi connectivity index (χ2v) is 17.2. The highest BCUT2D eigenvalue weighted by Crippen LogP contribution is 2.58. The van der Waals surface area contributed by atoms with Crippen LogP contribution in [-0.4, -0.2) is 57.1 Å². The van der Waals surface area contributed by atoms with Crippen LogP contribution < -0.4 is 28.4 Å². The lowest BCUT2D eigenvalue weighted by Gasteiger charge is -2.37. The van der Waals surface area contributed by atoms with Crippen LogP contribution in [0.5, 0.6) is 34.5 Å². The van der Waals surface area contributed by atoms with Gasteiger partial charge in [-0.2, -0.15) is 0 Å². The summed E-state index contributed by atoms with van der Waals surface area (Å²) in [4.78, 5) is 14.6. The molecule has 6 aromatic carbocycles. The zero-order chi connectivity index (χ0) is 42.1. The highest BCUT2D eigenvalue weighted by molar-refractivity contribution is 8.82. The van der Waals surface area contributed by atoms with Crippen molar-refractivity contribution in [2.75, 3.05) is 34.7 Å². The number of fused-ring (bicyclic) bond motifs is 4. The minimum atomic E-state index is -1.11. The number of carbonyl (C=O) groups excluding carboxylic acids is 1. The molecule has 0 saturated heterocycles. The molecule has 2 heterocycles. The summed E-state index contributed by atoms with van der Waals surface area (Å²) >= 11 is 0. The molecule has 4 atom stereocenters. The maximum Gasteiger partial charge on any atom is 0.209 e. The highest BCUT2D eigenvalue weighted by Gasteiger charge is 2.43. The third kappa shape index (κ3) is 7.49. The number of rotatable bonds is 13. The maximum absolute atomic E-state index is 14.6. The van der Waals surface area contributed by atoms with E-state index < -0.39 is 24.2 Å². The molecule has 0 saturated carbocycles. The molecule has 12 heteroatoms. The van der Waals surface area contributed by atoms with Crippen LogP contribution in [-0.2, 0) is 40.7 Å². The van der Waals surface area contributed by atoms with Crippen LogP contribution in [0, 0.1) is 0 Å². The first-order valence-electron chi connectivity index (χ1n) is 19.7. The first-order valence-corrected chi connectivity index (χ1v) is 22.3. The molecule has 10 nitrogen and oxygen atoms in total. The molecular weight excluding hydrogens is 801 g/mol. The molecule has 60 heavy (non-hydrogen) atoms. The lowest BCUT2D eigenvalue weighted by Crippen LogP contribution is -2.32. The Balaban J connectivity index is 1.58. The van der Waals surface area contributed by atoms with Gasteiger partial charge in [0.25, 0.3) is 0 Å². The van der Waals surface area contributed by atoms with Crippen molar-refractivity contribution in [1.82, 2.24) is 0 Å². The van der Waals surface area contributed by atoms with E-state index in [2.05, 4.69) is 0 Å². The summed E-state index contributed by atoms with van der Waals surface area (Å²) in [6.45, 7) is 4.58. The summed E-state index contributed by atoms with van der Waals surface area (Å²) in [5, 5.41) is 15.2. The van der Waals surface area contributed by atoms with Gasteiger partial charge in [-0.15, -0.1) is 0 Å². The molecule has 0 bridgehead atoms. The molecule has 2 aliphatic rings. The molecule has 0 amide bonds. The number of aliphatic hydroxyl groups excluding tert-OH is 1. The molecule has 0 aliphatic carbocycles. The monoisotopic (exact) mass is 848 g/mol. The molecule has 0 spiro atoms. The van der Waals surface area contributed by atoms with Crippen molar-refractivity contribution < 1.29 is 47.8 Å².